The van der Waals surface area contributed by atoms with Gasteiger partial charge >= 0.3 is 6.09 Å². The van der Waals surface area contributed by atoms with Crippen LogP contribution >= 0.6 is 22.6 Å². The van der Waals surface area contributed by atoms with Gasteiger partial charge in [0.2, 0.25) is 0 Å². The SMILES string of the molecule is Cc1[nH]c([C@@H]2CCCN2C(=O)OC(C)(C)C)nc1I. The highest BCUT2D eigenvalue weighted by Crippen LogP contribution is 2.32. The number of ether oxygens (including phenoxy) is 1. The van der Waals surface area contributed by atoms with Crippen molar-refractivity contribution in [2.24, 2.45) is 0 Å². The summed E-state index contributed by atoms with van der Waals surface area (Å²) in [5.74, 6) is 0.866. The molecule has 1 saturated heterocycles. The van der Waals surface area contributed by atoms with Crippen LogP contribution in [0, 0.1) is 10.6 Å². The number of nitrogens with zero attached hydrogens (tertiary/aromatic N) is 2. The Hall–Kier alpha value is -0.790. The number of rotatable bonds is 1. The lowest BCUT2D eigenvalue weighted by Crippen LogP contribution is -2.36. The van der Waals surface area contributed by atoms with Crippen LogP contribution in [0.25, 0.3) is 0 Å². The third kappa shape index (κ3) is 3.40. The largest absolute Gasteiger partial charge is 0.444 e. The molecule has 0 unspecified atom stereocenters. The quantitative estimate of drug-likeness (QED) is 0.764. The van der Waals surface area contributed by atoms with E-state index in [0.29, 0.717) is 0 Å². The molecule has 1 fully saturated rings. The van der Waals surface area contributed by atoms with Gasteiger partial charge in [0.15, 0.2) is 0 Å². The van der Waals surface area contributed by atoms with Crippen LogP contribution < -0.4 is 0 Å². The van der Waals surface area contributed by atoms with Crippen molar-refractivity contribution in [2.75, 3.05) is 6.54 Å². The average Bonchev–Trinajstić information content (AvgIpc) is 2.83. The Morgan fingerprint density at radius 1 is 1.53 bits per heavy atom. The van der Waals surface area contributed by atoms with Crippen LogP contribution in [0.4, 0.5) is 4.79 Å². The minimum Gasteiger partial charge on any atom is -0.444 e. The molecule has 0 radical (unpaired) electrons. The number of amides is 1. The summed E-state index contributed by atoms with van der Waals surface area (Å²) in [4.78, 5) is 21.7. The van der Waals surface area contributed by atoms with E-state index >= 15 is 0 Å². The number of likely N-dealkylation sites (tertiary alicyclic amines) is 1. The van der Waals surface area contributed by atoms with Crippen LogP contribution in [0.3, 0.4) is 0 Å². The highest BCUT2D eigenvalue weighted by atomic mass is 127. The fourth-order valence-corrected chi connectivity index (χ4v) is 2.60. The summed E-state index contributed by atoms with van der Waals surface area (Å²) in [6, 6.07) is 0.0112. The lowest BCUT2D eigenvalue weighted by atomic mass is 10.2. The fraction of sp³-hybridized carbons (Fsp3) is 0.692. The van der Waals surface area contributed by atoms with Crippen LogP contribution in [-0.4, -0.2) is 33.1 Å². The summed E-state index contributed by atoms with van der Waals surface area (Å²) in [5.41, 5.74) is 0.587. The van der Waals surface area contributed by atoms with E-state index in [2.05, 4.69) is 32.6 Å². The number of carbonyl (C=O) groups excluding carboxylic acids is 1. The Bertz CT molecular complexity index is 459. The maximum Gasteiger partial charge on any atom is 0.410 e. The molecule has 6 heteroatoms. The first-order valence-electron chi connectivity index (χ1n) is 6.49. The molecule has 0 aromatic carbocycles. The van der Waals surface area contributed by atoms with E-state index in [4.69, 9.17) is 4.74 Å². The van der Waals surface area contributed by atoms with Crippen LogP contribution in [0.2, 0.25) is 0 Å². The number of aromatic nitrogens is 2. The molecule has 0 bridgehead atoms. The van der Waals surface area contributed by atoms with E-state index in [1.54, 1.807) is 4.90 Å². The predicted molar refractivity (Wildman–Crippen MR) is 81.0 cm³/mol. The number of aryl methyl sites for hydroxylation is 1. The van der Waals surface area contributed by atoms with Gasteiger partial charge in [-0.2, -0.15) is 0 Å². The van der Waals surface area contributed by atoms with Crippen LogP contribution in [0.5, 0.6) is 0 Å². The molecule has 2 heterocycles. The summed E-state index contributed by atoms with van der Waals surface area (Å²) >= 11 is 2.20. The molecule has 19 heavy (non-hydrogen) atoms. The molecular weight excluding hydrogens is 357 g/mol. The number of hydrogen-bond acceptors (Lipinski definition) is 3. The molecule has 1 amide bonds. The number of aromatic amines is 1. The molecule has 0 aliphatic carbocycles. The van der Waals surface area contributed by atoms with E-state index in [0.717, 1.165) is 34.6 Å². The van der Waals surface area contributed by atoms with E-state index in [1.165, 1.54) is 0 Å². The Labute approximate surface area is 127 Å². The van der Waals surface area contributed by atoms with Crippen molar-refractivity contribution in [2.45, 2.75) is 52.2 Å². The summed E-state index contributed by atoms with van der Waals surface area (Å²) in [5, 5.41) is 0. The van der Waals surface area contributed by atoms with Gasteiger partial charge in [-0.25, -0.2) is 9.78 Å². The van der Waals surface area contributed by atoms with Crippen molar-refractivity contribution in [3.63, 3.8) is 0 Å². The van der Waals surface area contributed by atoms with Crippen molar-refractivity contribution in [1.82, 2.24) is 14.9 Å². The number of carbonyl (C=O) groups is 1. The second-order valence-electron chi connectivity index (χ2n) is 5.87. The van der Waals surface area contributed by atoms with E-state index in [9.17, 15) is 4.79 Å². The summed E-state index contributed by atoms with van der Waals surface area (Å²) in [6.45, 7) is 8.38. The number of H-pyrrole nitrogens is 1. The molecule has 5 nitrogen and oxygen atoms in total. The molecular formula is C13H20IN3O2. The molecule has 1 aliphatic heterocycles. The Kier molecular flexibility index (Phi) is 4.08. The molecule has 2 rings (SSSR count). The van der Waals surface area contributed by atoms with Crippen molar-refractivity contribution in [3.05, 3.63) is 15.2 Å². The monoisotopic (exact) mass is 377 g/mol. The molecule has 1 aromatic rings. The van der Waals surface area contributed by atoms with Crippen LogP contribution in [0.1, 0.15) is 51.2 Å². The van der Waals surface area contributed by atoms with Gasteiger partial charge in [0.05, 0.1) is 6.04 Å². The minimum absolute atomic E-state index is 0.0112. The van der Waals surface area contributed by atoms with Crippen LogP contribution in [-0.2, 0) is 4.74 Å². The Balaban J connectivity index is 2.15. The molecule has 1 aromatic heterocycles. The van der Waals surface area contributed by atoms with Gasteiger partial charge in [-0.1, -0.05) is 0 Å². The Morgan fingerprint density at radius 2 is 2.21 bits per heavy atom. The second kappa shape index (κ2) is 5.30. The smallest absolute Gasteiger partial charge is 0.410 e. The molecule has 1 aliphatic rings. The Morgan fingerprint density at radius 3 is 2.74 bits per heavy atom. The number of hydrogen-bond donors (Lipinski definition) is 1. The number of imidazole rings is 1. The molecule has 106 valence electrons. The summed E-state index contributed by atoms with van der Waals surface area (Å²) in [6.07, 6.45) is 1.67. The highest BCUT2D eigenvalue weighted by molar-refractivity contribution is 14.1. The number of nitrogens with one attached hydrogen (secondary N) is 1. The van der Waals surface area contributed by atoms with Gasteiger partial charge in [0.1, 0.15) is 15.1 Å². The lowest BCUT2D eigenvalue weighted by Gasteiger charge is -2.27. The van der Waals surface area contributed by atoms with Crippen molar-refractivity contribution in [1.29, 1.82) is 0 Å². The van der Waals surface area contributed by atoms with Gasteiger partial charge in [-0.05, 0) is 63.1 Å². The first kappa shape index (κ1) is 14.6. The second-order valence-corrected chi connectivity index (χ2v) is 6.89. The van der Waals surface area contributed by atoms with E-state index in [-0.39, 0.29) is 12.1 Å². The zero-order valence-electron chi connectivity index (χ0n) is 11.8. The van der Waals surface area contributed by atoms with E-state index in [1.807, 2.05) is 27.7 Å². The first-order valence-corrected chi connectivity index (χ1v) is 7.57. The van der Waals surface area contributed by atoms with E-state index < -0.39 is 5.60 Å². The fourth-order valence-electron chi connectivity index (χ4n) is 2.21. The maximum atomic E-state index is 12.2. The summed E-state index contributed by atoms with van der Waals surface area (Å²) < 4.78 is 6.42. The average molecular weight is 377 g/mol. The van der Waals surface area contributed by atoms with Crippen LogP contribution in [0.15, 0.2) is 0 Å². The zero-order valence-corrected chi connectivity index (χ0v) is 13.9. The molecule has 0 saturated carbocycles. The van der Waals surface area contributed by atoms with Crippen molar-refractivity contribution < 1.29 is 9.53 Å². The maximum absolute atomic E-state index is 12.2. The lowest BCUT2D eigenvalue weighted by molar-refractivity contribution is 0.0218. The third-order valence-corrected chi connectivity index (χ3v) is 4.09. The topological polar surface area (TPSA) is 58.2 Å². The van der Waals surface area contributed by atoms with Crippen molar-refractivity contribution >= 4 is 28.7 Å². The van der Waals surface area contributed by atoms with Gasteiger partial charge in [-0.15, -0.1) is 0 Å². The van der Waals surface area contributed by atoms with Gasteiger partial charge in [0.25, 0.3) is 0 Å². The van der Waals surface area contributed by atoms with Gasteiger partial charge < -0.3 is 9.72 Å². The summed E-state index contributed by atoms with van der Waals surface area (Å²) in [7, 11) is 0. The first-order chi connectivity index (χ1) is 8.78. The van der Waals surface area contributed by atoms with Crippen molar-refractivity contribution in [3.8, 4) is 0 Å². The molecule has 1 N–H and O–H groups in total. The molecule has 1 atom stereocenters. The predicted octanol–water partition coefficient (Wildman–Crippen LogP) is 3.39. The van der Waals surface area contributed by atoms with Gasteiger partial charge in [-0.3, -0.25) is 4.90 Å². The minimum atomic E-state index is -0.461. The highest BCUT2D eigenvalue weighted by Gasteiger charge is 2.34. The normalized spacial score (nSPS) is 19.8. The van der Waals surface area contributed by atoms with Gasteiger partial charge in [0, 0.05) is 12.2 Å². The third-order valence-electron chi connectivity index (χ3n) is 3.04. The molecule has 0 spiro atoms. The zero-order chi connectivity index (χ0) is 14.2. The standard InChI is InChI=1S/C13H20IN3O2/c1-8-10(14)16-11(15-8)9-6-5-7-17(9)12(18)19-13(2,3)4/h9H,5-7H2,1-4H3,(H,15,16)/t9-/m0/s1. The number of halogens is 1.